The van der Waals surface area contributed by atoms with E-state index in [4.69, 9.17) is 25.6 Å². The molecule has 0 amide bonds. The van der Waals surface area contributed by atoms with E-state index in [1.807, 2.05) is 40.7 Å². The molecule has 120 valence electrons. The van der Waals surface area contributed by atoms with Crippen molar-refractivity contribution in [3.63, 3.8) is 0 Å². The maximum atomic E-state index is 11.5. The molecule has 1 aromatic rings. The summed E-state index contributed by atoms with van der Waals surface area (Å²) in [5, 5.41) is 0.381. The SMILES string of the molecule is CCC(=O)Oc1c(C)cc(B2OC(C)(C)C(C)(C)O2)cc1Cl. The van der Waals surface area contributed by atoms with Crippen molar-refractivity contribution in [1.82, 2.24) is 0 Å². The van der Waals surface area contributed by atoms with Crippen molar-refractivity contribution in [1.29, 1.82) is 0 Å². The summed E-state index contributed by atoms with van der Waals surface area (Å²) in [6, 6.07) is 3.61. The van der Waals surface area contributed by atoms with Gasteiger partial charge in [-0.25, -0.2) is 0 Å². The van der Waals surface area contributed by atoms with Crippen molar-refractivity contribution >= 4 is 30.2 Å². The fraction of sp³-hybridized carbons (Fsp3) is 0.562. The first-order chi connectivity index (χ1) is 10.1. The molecular formula is C16H22BClO4. The largest absolute Gasteiger partial charge is 0.494 e. The highest BCUT2D eigenvalue weighted by atomic mass is 35.5. The maximum absolute atomic E-state index is 11.5. The number of benzene rings is 1. The number of hydrogen-bond acceptors (Lipinski definition) is 4. The van der Waals surface area contributed by atoms with Gasteiger partial charge in [0.25, 0.3) is 0 Å². The topological polar surface area (TPSA) is 44.8 Å². The maximum Gasteiger partial charge on any atom is 0.494 e. The van der Waals surface area contributed by atoms with Crippen molar-refractivity contribution in [3.8, 4) is 5.75 Å². The molecule has 1 heterocycles. The Hall–Kier alpha value is -1.04. The minimum absolute atomic E-state index is 0.300. The Morgan fingerprint density at radius 2 is 1.77 bits per heavy atom. The smallest absolute Gasteiger partial charge is 0.425 e. The van der Waals surface area contributed by atoms with Crippen LogP contribution in [0.1, 0.15) is 46.6 Å². The van der Waals surface area contributed by atoms with Crippen molar-refractivity contribution < 1.29 is 18.8 Å². The molecule has 1 aromatic carbocycles. The van der Waals surface area contributed by atoms with Crippen molar-refractivity contribution in [2.75, 3.05) is 0 Å². The number of carbonyl (C=O) groups excluding carboxylic acids is 1. The van der Waals surface area contributed by atoms with E-state index >= 15 is 0 Å². The van der Waals surface area contributed by atoms with Crippen LogP contribution in [0.3, 0.4) is 0 Å². The van der Waals surface area contributed by atoms with Crippen LogP contribution in [0.4, 0.5) is 0 Å². The van der Waals surface area contributed by atoms with Gasteiger partial charge in [0.05, 0.1) is 16.2 Å². The number of aryl methyl sites for hydroxylation is 1. The van der Waals surface area contributed by atoms with Gasteiger partial charge >= 0.3 is 13.1 Å². The van der Waals surface area contributed by atoms with Gasteiger partial charge in [-0.1, -0.05) is 24.6 Å². The standard InChI is InChI=1S/C16H22BClO4/c1-7-13(19)20-14-10(2)8-11(9-12(14)18)17-21-15(3,4)16(5,6)22-17/h8-9H,7H2,1-6H3. The lowest BCUT2D eigenvalue weighted by Crippen LogP contribution is -2.41. The van der Waals surface area contributed by atoms with Crippen LogP contribution >= 0.6 is 11.6 Å². The predicted molar refractivity (Wildman–Crippen MR) is 87.8 cm³/mol. The highest BCUT2D eigenvalue weighted by Crippen LogP contribution is 2.37. The van der Waals surface area contributed by atoms with Gasteiger partial charge in [-0.05, 0) is 51.7 Å². The van der Waals surface area contributed by atoms with E-state index < -0.39 is 18.3 Å². The van der Waals surface area contributed by atoms with E-state index in [9.17, 15) is 4.79 Å². The molecule has 0 saturated carbocycles. The normalized spacial score (nSPS) is 19.3. The quantitative estimate of drug-likeness (QED) is 0.486. The van der Waals surface area contributed by atoms with E-state index in [1.165, 1.54) is 0 Å². The lowest BCUT2D eigenvalue weighted by atomic mass is 9.78. The molecule has 0 bridgehead atoms. The Kier molecular flexibility index (Phi) is 4.62. The average molecular weight is 325 g/mol. The second-order valence-corrected chi connectivity index (χ2v) is 6.97. The van der Waals surface area contributed by atoms with Gasteiger partial charge in [-0.15, -0.1) is 0 Å². The predicted octanol–water partition coefficient (Wildman–Crippen LogP) is 3.26. The number of halogens is 1. The van der Waals surface area contributed by atoms with E-state index in [0.717, 1.165) is 11.0 Å². The summed E-state index contributed by atoms with van der Waals surface area (Å²) < 4.78 is 17.3. The molecule has 1 fully saturated rings. The molecule has 0 aromatic heterocycles. The number of ether oxygens (including phenoxy) is 1. The molecular weight excluding hydrogens is 302 g/mol. The summed E-state index contributed by atoms with van der Waals surface area (Å²) in [6.07, 6.45) is 0.300. The number of carbonyl (C=O) groups is 1. The van der Waals surface area contributed by atoms with Gasteiger partial charge in [0.2, 0.25) is 0 Å². The van der Waals surface area contributed by atoms with Crippen molar-refractivity contribution in [2.45, 2.75) is 59.2 Å². The van der Waals surface area contributed by atoms with Crippen LogP contribution in [0.5, 0.6) is 5.75 Å². The lowest BCUT2D eigenvalue weighted by molar-refractivity contribution is -0.134. The summed E-state index contributed by atoms with van der Waals surface area (Å²) in [7, 11) is -0.489. The molecule has 0 radical (unpaired) electrons. The monoisotopic (exact) mass is 324 g/mol. The zero-order chi connectivity index (χ0) is 16.7. The van der Waals surface area contributed by atoms with Gasteiger partial charge in [0.1, 0.15) is 0 Å². The zero-order valence-electron chi connectivity index (χ0n) is 14.0. The summed E-state index contributed by atoms with van der Waals surface area (Å²) in [4.78, 5) is 11.5. The van der Waals surface area contributed by atoms with Crippen LogP contribution < -0.4 is 10.2 Å². The first kappa shape index (κ1) is 17.3. The first-order valence-electron chi connectivity index (χ1n) is 7.44. The highest BCUT2D eigenvalue weighted by Gasteiger charge is 2.51. The summed E-state index contributed by atoms with van der Waals surface area (Å²) in [5.74, 6) is 0.0853. The third-order valence-electron chi connectivity index (χ3n) is 4.28. The first-order valence-corrected chi connectivity index (χ1v) is 7.81. The van der Waals surface area contributed by atoms with Crippen LogP contribution in [0.15, 0.2) is 12.1 Å². The van der Waals surface area contributed by atoms with Gasteiger partial charge in [-0.2, -0.15) is 0 Å². The Bertz CT molecular complexity index is 559. The highest BCUT2D eigenvalue weighted by molar-refractivity contribution is 6.62. The molecule has 0 unspecified atom stereocenters. The molecule has 1 saturated heterocycles. The fourth-order valence-corrected chi connectivity index (χ4v) is 2.50. The molecule has 0 atom stereocenters. The molecule has 0 aliphatic carbocycles. The van der Waals surface area contributed by atoms with Gasteiger partial charge in [0.15, 0.2) is 5.75 Å². The Labute approximate surface area is 137 Å². The van der Waals surface area contributed by atoms with E-state index in [-0.39, 0.29) is 5.97 Å². The number of esters is 1. The Morgan fingerprint density at radius 1 is 1.23 bits per heavy atom. The number of hydrogen-bond donors (Lipinski definition) is 0. The van der Waals surface area contributed by atoms with E-state index in [1.54, 1.807) is 13.0 Å². The summed E-state index contributed by atoms with van der Waals surface area (Å²) in [6.45, 7) is 11.6. The lowest BCUT2D eigenvalue weighted by Gasteiger charge is -2.32. The van der Waals surface area contributed by atoms with Gasteiger partial charge < -0.3 is 14.0 Å². The fourth-order valence-electron chi connectivity index (χ4n) is 2.19. The minimum Gasteiger partial charge on any atom is -0.425 e. The average Bonchev–Trinajstić information content (AvgIpc) is 2.62. The second kappa shape index (κ2) is 5.87. The molecule has 2 rings (SSSR count). The molecule has 0 spiro atoms. The third kappa shape index (κ3) is 3.17. The zero-order valence-corrected chi connectivity index (χ0v) is 14.7. The second-order valence-electron chi connectivity index (χ2n) is 6.56. The van der Waals surface area contributed by atoms with E-state index in [0.29, 0.717) is 17.2 Å². The van der Waals surface area contributed by atoms with Gasteiger partial charge in [0, 0.05) is 6.42 Å². The number of rotatable bonds is 3. The van der Waals surface area contributed by atoms with Crippen molar-refractivity contribution in [2.24, 2.45) is 0 Å². The van der Waals surface area contributed by atoms with Crippen LogP contribution in [0.2, 0.25) is 5.02 Å². The van der Waals surface area contributed by atoms with Crippen LogP contribution in [-0.2, 0) is 14.1 Å². The molecule has 4 nitrogen and oxygen atoms in total. The molecule has 0 N–H and O–H groups in total. The molecule has 6 heteroatoms. The minimum atomic E-state index is -0.489. The molecule has 1 aliphatic heterocycles. The summed E-state index contributed by atoms with van der Waals surface area (Å²) >= 11 is 6.27. The summed E-state index contributed by atoms with van der Waals surface area (Å²) in [5.41, 5.74) is 0.771. The van der Waals surface area contributed by atoms with Crippen molar-refractivity contribution in [3.05, 3.63) is 22.7 Å². The molecule has 1 aliphatic rings. The molecule has 22 heavy (non-hydrogen) atoms. The van der Waals surface area contributed by atoms with E-state index in [2.05, 4.69) is 0 Å². The van der Waals surface area contributed by atoms with Gasteiger partial charge in [-0.3, -0.25) is 4.79 Å². The van der Waals surface area contributed by atoms with Crippen LogP contribution in [0.25, 0.3) is 0 Å². The Morgan fingerprint density at radius 3 is 2.23 bits per heavy atom. The van der Waals surface area contributed by atoms with Crippen LogP contribution in [0, 0.1) is 6.92 Å². The van der Waals surface area contributed by atoms with Crippen LogP contribution in [-0.4, -0.2) is 24.3 Å². The Balaban J connectivity index is 2.30. The third-order valence-corrected chi connectivity index (χ3v) is 4.56.